The van der Waals surface area contributed by atoms with Crippen molar-refractivity contribution in [2.45, 2.75) is 0 Å². The number of ether oxygens (including phenoxy) is 1. The first-order valence-electron chi connectivity index (χ1n) is 5.49. The van der Waals surface area contributed by atoms with E-state index in [9.17, 15) is 0 Å². The van der Waals surface area contributed by atoms with Crippen molar-refractivity contribution in [2.75, 3.05) is 0 Å². The summed E-state index contributed by atoms with van der Waals surface area (Å²) in [5.41, 5.74) is 2.02. The summed E-state index contributed by atoms with van der Waals surface area (Å²) in [6.45, 7) is 0. The monoisotopic (exact) mass is 221 g/mol. The molecule has 0 N–H and O–H groups in total. The minimum atomic E-state index is 0.770. The lowest BCUT2D eigenvalue weighted by Gasteiger charge is -2.09. The molecule has 0 fully saturated rings. The number of nitrogens with zero attached hydrogens (tertiary/aromatic N) is 1. The molecule has 0 spiro atoms. The molecule has 82 valence electrons. The summed E-state index contributed by atoms with van der Waals surface area (Å²) in [5.74, 6) is 1.61. The number of benzene rings is 2. The molecule has 1 heterocycles. The van der Waals surface area contributed by atoms with Crippen molar-refractivity contribution >= 4 is 12.0 Å². The fraction of sp³-hybridized carbons (Fsp3) is 0. The summed E-state index contributed by atoms with van der Waals surface area (Å²) in [7, 11) is 0. The van der Waals surface area contributed by atoms with E-state index < -0.39 is 0 Å². The number of hydrogen-bond acceptors (Lipinski definition) is 2. The quantitative estimate of drug-likeness (QED) is 0.722. The predicted octanol–water partition coefficient (Wildman–Crippen LogP) is 3.50. The van der Waals surface area contributed by atoms with Gasteiger partial charge in [-0.05, 0) is 12.1 Å². The van der Waals surface area contributed by atoms with E-state index in [1.165, 1.54) is 0 Å². The zero-order valence-corrected chi connectivity index (χ0v) is 9.21. The Hall–Kier alpha value is -2.35. The molecule has 2 nitrogen and oxygen atoms in total. The van der Waals surface area contributed by atoms with E-state index in [4.69, 9.17) is 4.74 Å². The standard InChI is InChI=1S/C15H11NO/c1-2-6-12(7-3-1)15-11-16-10-13-8-4-5-9-14(13)17-15/h1-11H. The molecule has 0 aliphatic carbocycles. The van der Waals surface area contributed by atoms with Crippen molar-refractivity contribution < 1.29 is 4.74 Å². The van der Waals surface area contributed by atoms with Crippen LogP contribution >= 0.6 is 0 Å². The summed E-state index contributed by atoms with van der Waals surface area (Å²) in [6, 6.07) is 17.8. The maximum absolute atomic E-state index is 5.88. The van der Waals surface area contributed by atoms with E-state index >= 15 is 0 Å². The van der Waals surface area contributed by atoms with E-state index in [0.717, 1.165) is 22.6 Å². The van der Waals surface area contributed by atoms with E-state index in [0.29, 0.717) is 0 Å². The van der Waals surface area contributed by atoms with Crippen molar-refractivity contribution in [1.82, 2.24) is 0 Å². The maximum Gasteiger partial charge on any atom is 0.152 e. The van der Waals surface area contributed by atoms with Gasteiger partial charge in [-0.1, -0.05) is 42.5 Å². The van der Waals surface area contributed by atoms with Gasteiger partial charge in [0.1, 0.15) is 5.75 Å². The maximum atomic E-state index is 5.88. The average Bonchev–Trinajstić information content (AvgIpc) is 2.62. The number of hydrogen-bond donors (Lipinski definition) is 0. The van der Waals surface area contributed by atoms with E-state index in [1.54, 1.807) is 6.20 Å². The Bertz CT molecular complexity index is 585. The third-order valence-electron chi connectivity index (χ3n) is 2.60. The lowest BCUT2D eigenvalue weighted by atomic mass is 10.2. The predicted molar refractivity (Wildman–Crippen MR) is 69.1 cm³/mol. The first-order chi connectivity index (χ1) is 8.43. The van der Waals surface area contributed by atoms with E-state index in [2.05, 4.69) is 4.99 Å². The molecule has 2 aromatic carbocycles. The highest BCUT2D eigenvalue weighted by atomic mass is 16.5. The van der Waals surface area contributed by atoms with Crippen LogP contribution in [0.15, 0.2) is 65.8 Å². The number of rotatable bonds is 1. The second-order valence-corrected chi connectivity index (χ2v) is 3.78. The summed E-state index contributed by atoms with van der Waals surface area (Å²) < 4.78 is 5.88. The van der Waals surface area contributed by atoms with Crippen LogP contribution in [0.1, 0.15) is 11.1 Å². The molecule has 0 amide bonds. The Morgan fingerprint density at radius 2 is 1.59 bits per heavy atom. The second kappa shape index (κ2) is 4.26. The van der Waals surface area contributed by atoms with Crippen molar-refractivity contribution in [2.24, 2.45) is 4.99 Å². The van der Waals surface area contributed by atoms with E-state index in [-0.39, 0.29) is 0 Å². The molecule has 0 saturated carbocycles. The SMILES string of the molecule is C1=NC=C(c2ccccc2)Oc2ccccc21. The molecule has 0 saturated heterocycles. The second-order valence-electron chi connectivity index (χ2n) is 3.78. The van der Waals surface area contributed by atoms with Gasteiger partial charge in [0.15, 0.2) is 5.76 Å². The summed E-state index contributed by atoms with van der Waals surface area (Å²) in [5, 5.41) is 0. The van der Waals surface area contributed by atoms with Gasteiger partial charge in [-0.3, -0.25) is 4.99 Å². The molecule has 17 heavy (non-hydrogen) atoms. The highest BCUT2D eigenvalue weighted by molar-refractivity contribution is 5.86. The van der Waals surface area contributed by atoms with Crippen LogP contribution < -0.4 is 4.74 Å². The van der Waals surface area contributed by atoms with Gasteiger partial charge in [0.2, 0.25) is 0 Å². The summed E-state index contributed by atoms with van der Waals surface area (Å²) in [6.07, 6.45) is 3.56. The lowest BCUT2D eigenvalue weighted by molar-refractivity contribution is 0.514. The van der Waals surface area contributed by atoms with Crippen LogP contribution in [0.25, 0.3) is 5.76 Å². The highest BCUT2D eigenvalue weighted by Crippen LogP contribution is 2.25. The van der Waals surface area contributed by atoms with Gasteiger partial charge >= 0.3 is 0 Å². The molecular formula is C15H11NO. The van der Waals surface area contributed by atoms with Crippen molar-refractivity contribution in [1.29, 1.82) is 0 Å². The van der Waals surface area contributed by atoms with Crippen LogP contribution in [0.3, 0.4) is 0 Å². The van der Waals surface area contributed by atoms with Crippen LogP contribution in [0.4, 0.5) is 0 Å². The molecule has 0 bridgehead atoms. The Morgan fingerprint density at radius 1 is 0.824 bits per heavy atom. The average molecular weight is 221 g/mol. The molecule has 0 radical (unpaired) electrons. The van der Waals surface area contributed by atoms with Crippen molar-refractivity contribution in [3.8, 4) is 5.75 Å². The summed E-state index contributed by atoms with van der Waals surface area (Å²) in [4.78, 5) is 4.26. The highest BCUT2D eigenvalue weighted by Gasteiger charge is 2.09. The Morgan fingerprint density at radius 3 is 2.47 bits per heavy atom. The largest absolute Gasteiger partial charge is 0.454 e. The van der Waals surface area contributed by atoms with Crippen molar-refractivity contribution in [3.63, 3.8) is 0 Å². The van der Waals surface area contributed by atoms with Gasteiger partial charge in [0, 0.05) is 17.3 Å². The van der Waals surface area contributed by atoms with Gasteiger partial charge in [0.05, 0.1) is 6.20 Å². The fourth-order valence-corrected chi connectivity index (χ4v) is 1.75. The summed E-state index contributed by atoms with van der Waals surface area (Å²) >= 11 is 0. The van der Waals surface area contributed by atoms with E-state index in [1.807, 2.05) is 60.8 Å². The molecule has 3 rings (SSSR count). The van der Waals surface area contributed by atoms with Gasteiger partial charge < -0.3 is 4.74 Å². The molecule has 0 aromatic heterocycles. The van der Waals surface area contributed by atoms with Crippen LogP contribution in [-0.4, -0.2) is 6.21 Å². The fourth-order valence-electron chi connectivity index (χ4n) is 1.75. The minimum Gasteiger partial charge on any atom is -0.454 e. The Balaban J connectivity index is 2.02. The molecular weight excluding hydrogens is 210 g/mol. The molecule has 2 heteroatoms. The smallest absolute Gasteiger partial charge is 0.152 e. The molecule has 1 aliphatic heterocycles. The first-order valence-corrected chi connectivity index (χ1v) is 5.49. The van der Waals surface area contributed by atoms with Crippen LogP contribution in [0.2, 0.25) is 0 Å². The zero-order valence-electron chi connectivity index (χ0n) is 9.21. The van der Waals surface area contributed by atoms with Gasteiger partial charge in [-0.2, -0.15) is 0 Å². The van der Waals surface area contributed by atoms with Crippen LogP contribution in [-0.2, 0) is 0 Å². The number of para-hydroxylation sites is 1. The Kier molecular flexibility index (Phi) is 2.47. The third-order valence-corrected chi connectivity index (χ3v) is 2.60. The Labute approximate surface area is 99.9 Å². The topological polar surface area (TPSA) is 21.6 Å². The third kappa shape index (κ3) is 1.97. The van der Waals surface area contributed by atoms with Gasteiger partial charge in [-0.15, -0.1) is 0 Å². The minimum absolute atomic E-state index is 0.770. The van der Waals surface area contributed by atoms with Crippen LogP contribution in [0, 0.1) is 0 Å². The molecule has 0 unspecified atom stereocenters. The zero-order chi connectivity index (χ0) is 11.5. The molecule has 1 aliphatic rings. The lowest BCUT2D eigenvalue weighted by Crippen LogP contribution is -1.95. The van der Waals surface area contributed by atoms with Crippen LogP contribution in [0.5, 0.6) is 5.75 Å². The molecule has 0 atom stereocenters. The number of fused-ring (bicyclic) bond motifs is 1. The first kappa shape index (κ1) is 9.85. The van der Waals surface area contributed by atoms with Gasteiger partial charge in [0.25, 0.3) is 0 Å². The van der Waals surface area contributed by atoms with Gasteiger partial charge in [-0.25, -0.2) is 0 Å². The molecule has 2 aromatic rings. The normalized spacial score (nSPS) is 13.3. The van der Waals surface area contributed by atoms with Crippen molar-refractivity contribution in [3.05, 3.63) is 71.9 Å². The number of aliphatic imine (C=N–C) groups is 1.